The Bertz CT molecular complexity index is 1350. The standard InChI is InChI=1S/C29H28BrNO5/c1-29(2,3)18-11-13-19(14-12-18)31-25(20-8-6-7-9-22(20)35-4)24(27(33)28(31)34)26(32)17-10-15-23(36-5)21(30)16-17/h6-16,25,32H,1-5H3/b26-24+. The largest absolute Gasteiger partial charge is 0.507 e. The molecule has 1 atom stereocenters. The van der Waals surface area contributed by atoms with Gasteiger partial charge in [0.05, 0.1) is 30.3 Å². The second-order valence-electron chi connectivity index (χ2n) is 9.56. The van der Waals surface area contributed by atoms with Crippen LogP contribution in [0.3, 0.4) is 0 Å². The van der Waals surface area contributed by atoms with E-state index in [1.807, 2.05) is 36.4 Å². The molecule has 0 bridgehead atoms. The average molecular weight is 550 g/mol. The Hall–Kier alpha value is -3.58. The lowest BCUT2D eigenvalue weighted by atomic mass is 9.87. The minimum atomic E-state index is -0.887. The number of carbonyl (C=O) groups excluding carboxylic acids is 2. The van der Waals surface area contributed by atoms with Gasteiger partial charge in [0.1, 0.15) is 17.3 Å². The molecule has 1 unspecified atom stereocenters. The number of amides is 1. The first-order chi connectivity index (χ1) is 17.1. The van der Waals surface area contributed by atoms with Gasteiger partial charge in [0.25, 0.3) is 11.7 Å². The second-order valence-corrected chi connectivity index (χ2v) is 10.4. The number of rotatable bonds is 5. The van der Waals surface area contributed by atoms with Crippen LogP contribution in [0.4, 0.5) is 5.69 Å². The van der Waals surface area contributed by atoms with Crippen LogP contribution in [0.2, 0.25) is 0 Å². The number of anilines is 1. The molecule has 186 valence electrons. The van der Waals surface area contributed by atoms with Crippen LogP contribution in [0.25, 0.3) is 5.76 Å². The van der Waals surface area contributed by atoms with Crippen molar-refractivity contribution in [3.8, 4) is 11.5 Å². The molecule has 1 aliphatic heterocycles. The molecule has 3 aromatic rings. The molecule has 4 rings (SSSR count). The molecule has 1 N–H and O–H groups in total. The van der Waals surface area contributed by atoms with Gasteiger partial charge in [-0.2, -0.15) is 0 Å². The SMILES string of the molecule is COc1ccc(/C(O)=C2\C(=O)C(=O)N(c3ccc(C(C)(C)C)cc3)C2c2ccccc2OC)cc1Br. The number of para-hydroxylation sites is 1. The fourth-order valence-electron chi connectivity index (χ4n) is 4.38. The monoisotopic (exact) mass is 549 g/mol. The lowest BCUT2D eigenvalue weighted by Crippen LogP contribution is -2.29. The summed E-state index contributed by atoms with van der Waals surface area (Å²) in [5.41, 5.74) is 2.53. The predicted molar refractivity (Wildman–Crippen MR) is 144 cm³/mol. The molecule has 1 aliphatic rings. The van der Waals surface area contributed by atoms with Gasteiger partial charge in [-0.25, -0.2) is 0 Å². The van der Waals surface area contributed by atoms with Crippen molar-refractivity contribution in [2.24, 2.45) is 0 Å². The lowest BCUT2D eigenvalue weighted by molar-refractivity contribution is -0.132. The van der Waals surface area contributed by atoms with Crippen molar-refractivity contribution in [3.05, 3.63) is 93.5 Å². The van der Waals surface area contributed by atoms with Gasteiger partial charge >= 0.3 is 0 Å². The molecule has 36 heavy (non-hydrogen) atoms. The zero-order valence-corrected chi connectivity index (χ0v) is 22.4. The smallest absolute Gasteiger partial charge is 0.300 e. The van der Waals surface area contributed by atoms with Crippen molar-refractivity contribution in [1.29, 1.82) is 0 Å². The third-order valence-electron chi connectivity index (χ3n) is 6.31. The molecule has 1 heterocycles. The number of ketones is 1. The molecule has 3 aromatic carbocycles. The zero-order chi connectivity index (χ0) is 26.2. The van der Waals surface area contributed by atoms with E-state index in [9.17, 15) is 14.7 Å². The van der Waals surface area contributed by atoms with E-state index in [1.165, 1.54) is 19.1 Å². The van der Waals surface area contributed by atoms with Gasteiger partial charge in [-0.3, -0.25) is 14.5 Å². The van der Waals surface area contributed by atoms with Crippen molar-refractivity contribution < 1.29 is 24.2 Å². The second kappa shape index (κ2) is 9.82. The zero-order valence-electron chi connectivity index (χ0n) is 20.8. The molecule has 1 saturated heterocycles. The summed E-state index contributed by atoms with van der Waals surface area (Å²) in [5, 5.41) is 11.4. The molecule has 1 amide bonds. The molecule has 0 spiro atoms. The highest BCUT2D eigenvalue weighted by atomic mass is 79.9. The maximum absolute atomic E-state index is 13.4. The maximum atomic E-state index is 13.4. The first kappa shape index (κ1) is 25.5. The van der Waals surface area contributed by atoms with E-state index < -0.39 is 17.7 Å². The number of nitrogens with zero attached hydrogens (tertiary/aromatic N) is 1. The predicted octanol–water partition coefficient (Wildman–Crippen LogP) is 6.39. The van der Waals surface area contributed by atoms with Crippen molar-refractivity contribution in [2.45, 2.75) is 32.2 Å². The molecule has 0 aromatic heterocycles. The normalized spacial score (nSPS) is 17.4. The summed E-state index contributed by atoms with van der Waals surface area (Å²) in [6.45, 7) is 6.32. The summed E-state index contributed by atoms with van der Waals surface area (Å²) in [7, 11) is 3.07. The highest BCUT2D eigenvalue weighted by molar-refractivity contribution is 9.10. The number of ether oxygens (including phenoxy) is 2. The highest BCUT2D eigenvalue weighted by Gasteiger charge is 2.48. The molecule has 7 heteroatoms. The molecule has 0 saturated carbocycles. The van der Waals surface area contributed by atoms with E-state index in [2.05, 4.69) is 36.7 Å². The van der Waals surface area contributed by atoms with Gasteiger partial charge in [0.15, 0.2) is 0 Å². The number of Topliss-reactive ketones (excluding diaryl/α,β-unsaturated/α-hetero) is 1. The fraction of sp³-hybridized carbons (Fsp3) is 0.241. The van der Waals surface area contributed by atoms with E-state index in [4.69, 9.17) is 9.47 Å². The van der Waals surface area contributed by atoms with Gasteiger partial charge < -0.3 is 14.6 Å². The number of hydrogen-bond donors (Lipinski definition) is 1. The van der Waals surface area contributed by atoms with Crippen molar-refractivity contribution in [1.82, 2.24) is 0 Å². The van der Waals surface area contributed by atoms with Crippen LogP contribution in [0.15, 0.2) is 76.8 Å². The minimum Gasteiger partial charge on any atom is -0.507 e. The summed E-state index contributed by atoms with van der Waals surface area (Å²) < 4.78 is 11.5. The quantitative estimate of drug-likeness (QED) is 0.226. The number of halogens is 1. The summed E-state index contributed by atoms with van der Waals surface area (Å²) >= 11 is 3.42. The Morgan fingerprint density at radius 3 is 2.14 bits per heavy atom. The summed E-state index contributed by atoms with van der Waals surface area (Å²) in [6, 6.07) is 18.8. The molecule has 0 aliphatic carbocycles. The van der Waals surface area contributed by atoms with E-state index in [-0.39, 0.29) is 16.7 Å². The van der Waals surface area contributed by atoms with E-state index in [0.29, 0.717) is 32.8 Å². The van der Waals surface area contributed by atoms with Gasteiger partial charge in [0.2, 0.25) is 0 Å². The lowest BCUT2D eigenvalue weighted by Gasteiger charge is -2.27. The average Bonchev–Trinajstić information content (AvgIpc) is 3.13. The number of benzene rings is 3. The molecule has 1 fully saturated rings. The molecular formula is C29H28BrNO5. The topological polar surface area (TPSA) is 76.1 Å². The van der Waals surface area contributed by atoms with Crippen LogP contribution < -0.4 is 14.4 Å². The summed E-state index contributed by atoms with van der Waals surface area (Å²) in [5.74, 6) is -0.685. The third-order valence-corrected chi connectivity index (χ3v) is 6.93. The first-order valence-electron chi connectivity index (χ1n) is 11.5. The highest BCUT2D eigenvalue weighted by Crippen LogP contribution is 2.45. The number of aliphatic hydroxyl groups is 1. The van der Waals surface area contributed by atoms with E-state index in [0.717, 1.165) is 5.56 Å². The Morgan fingerprint density at radius 1 is 0.917 bits per heavy atom. The van der Waals surface area contributed by atoms with Gasteiger partial charge in [0, 0.05) is 16.8 Å². The first-order valence-corrected chi connectivity index (χ1v) is 12.3. The molecule has 6 nitrogen and oxygen atoms in total. The van der Waals surface area contributed by atoms with Gasteiger partial charge in [-0.1, -0.05) is 51.1 Å². The number of aliphatic hydroxyl groups excluding tert-OH is 1. The van der Waals surface area contributed by atoms with Crippen molar-refractivity contribution >= 4 is 39.1 Å². The van der Waals surface area contributed by atoms with Crippen LogP contribution in [0, 0.1) is 0 Å². The summed E-state index contributed by atoms with van der Waals surface area (Å²) in [6.07, 6.45) is 0. The Kier molecular flexibility index (Phi) is 6.96. The molecular weight excluding hydrogens is 522 g/mol. The number of carbonyl (C=O) groups is 2. The number of methoxy groups -OCH3 is 2. The van der Waals surface area contributed by atoms with Crippen LogP contribution in [-0.2, 0) is 15.0 Å². The minimum absolute atomic E-state index is 0.0125. The van der Waals surface area contributed by atoms with Gasteiger partial charge in [-0.05, 0) is 63.3 Å². The van der Waals surface area contributed by atoms with E-state index >= 15 is 0 Å². The Labute approximate surface area is 219 Å². The third kappa shape index (κ3) is 4.51. The summed E-state index contributed by atoms with van der Waals surface area (Å²) in [4.78, 5) is 28.3. The molecule has 0 radical (unpaired) electrons. The number of hydrogen-bond acceptors (Lipinski definition) is 5. The van der Waals surface area contributed by atoms with Crippen LogP contribution in [0.5, 0.6) is 11.5 Å². The van der Waals surface area contributed by atoms with Gasteiger partial charge in [-0.15, -0.1) is 0 Å². The van der Waals surface area contributed by atoms with Crippen molar-refractivity contribution in [2.75, 3.05) is 19.1 Å². The Balaban J connectivity index is 1.94. The maximum Gasteiger partial charge on any atom is 0.300 e. The van der Waals surface area contributed by atoms with Crippen LogP contribution >= 0.6 is 15.9 Å². The van der Waals surface area contributed by atoms with Crippen LogP contribution in [0.1, 0.15) is 43.5 Å². The van der Waals surface area contributed by atoms with Crippen LogP contribution in [-0.4, -0.2) is 31.0 Å². The van der Waals surface area contributed by atoms with Crippen molar-refractivity contribution in [3.63, 3.8) is 0 Å². The fourth-order valence-corrected chi connectivity index (χ4v) is 4.92. The Morgan fingerprint density at radius 2 is 1.56 bits per heavy atom. The van der Waals surface area contributed by atoms with E-state index in [1.54, 1.807) is 30.3 Å².